The monoisotopic (exact) mass is 323 g/mol. The fraction of sp³-hybridized carbons (Fsp3) is 0.111. The van der Waals surface area contributed by atoms with Crippen LogP contribution in [-0.2, 0) is 6.54 Å². The maximum absolute atomic E-state index is 11.9. The number of aryl methyl sites for hydroxylation is 1. The highest BCUT2D eigenvalue weighted by Crippen LogP contribution is 2.21. The molecule has 2 amide bonds. The number of pyridine rings is 1. The van der Waals surface area contributed by atoms with Gasteiger partial charge in [-0.3, -0.25) is 4.98 Å². The van der Waals surface area contributed by atoms with Gasteiger partial charge in [0.25, 0.3) is 0 Å². The van der Waals surface area contributed by atoms with E-state index in [4.69, 9.17) is 0 Å². The van der Waals surface area contributed by atoms with Gasteiger partial charge in [-0.15, -0.1) is 0 Å². The molecule has 5 heteroatoms. The van der Waals surface area contributed by atoms with Crippen molar-refractivity contribution >= 4 is 23.1 Å². The van der Waals surface area contributed by atoms with Gasteiger partial charge in [0.2, 0.25) is 0 Å². The molecule has 23 heavy (non-hydrogen) atoms. The molecule has 0 saturated carbocycles. The molecule has 3 rings (SSSR count). The zero-order valence-corrected chi connectivity index (χ0v) is 13.6. The number of carbonyl (C=O) groups is 1. The molecule has 0 aliphatic heterocycles. The number of benzene rings is 1. The number of hydrogen-bond acceptors (Lipinski definition) is 3. The van der Waals surface area contributed by atoms with Crippen LogP contribution in [0.3, 0.4) is 0 Å². The Labute approximate surface area is 139 Å². The number of amides is 2. The number of nitrogens with one attached hydrogen (secondary N) is 2. The zero-order valence-electron chi connectivity index (χ0n) is 12.7. The number of hydrogen-bond donors (Lipinski definition) is 2. The Morgan fingerprint density at radius 1 is 1.13 bits per heavy atom. The molecule has 3 aromatic rings. The first-order chi connectivity index (χ1) is 11.2. The average Bonchev–Trinajstić information content (AvgIpc) is 3.10. The largest absolute Gasteiger partial charge is 0.334 e. The number of urea groups is 1. The first-order valence-corrected chi connectivity index (χ1v) is 8.23. The fourth-order valence-corrected chi connectivity index (χ4v) is 2.83. The summed E-state index contributed by atoms with van der Waals surface area (Å²) in [5.41, 5.74) is 5.11. The van der Waals surface area contributed by atoms with Crippen molar-refractivity contribution in [2.75, 3.05) is 5.32 Å². The van der Waals surface area contributed by atoms with E-state index in [1.807, 2.05) is 48.8 Å². The normalized spacial score (nSPS) is 10.3. The molecule has 0 bridgehead atoms. The third kappa shape index (κ3) is 4.17. The van der Waals surface area contributed by atoms with Gasteiger partial charge < -0.3 is 10.6 Å². The van der Waals surface area contributed by atoms with Crippen LogP contribution in [0.4, 0.5) is 10.5 Å². The third-order valence-electron chi connectivity index (χ3n) is 3.41. The highest BCUT2D eigenvalue weighted by molar-refractivity contribution is 7.08. The van der Waals surface area contributed by atoms with Crippen LogP contribution in [0.15, 0.2) is 59.6 Å². The summed E-state index contributed by atoms with van der Waals surface area (Å²) in [7, 11) is 0. The SMILES string of the molecule is Cc1ccc(NC(=O)NCc2cncc(-c3ccsc3)c2)cc1. The van der Waals surface area contributed by atoms with Crippen LogP contribution in [-0.4, -0.2) is 11.0 Å². The lowest BCUT2D eigenvalue weighted by atomic mass is 10.1. The van der Waals surface area contributed by atoms with E-state index in [0.717, 1.165) is 27.9 Å². The maximum Gasteiger partial charge on any atom is 0.319 e. The highest BCUT2D eigenvalue weighted by atomic mass is 32.1. The van der Waals surface area contributed by atoms with Gasteiger partial charge in [0, 0.05) is 30.2 Å². The predicted molar refractivity (Wildman–Crippen MR) is 94.6 cm³/mol. The van der Waals surface area contributed by atoms with Crippen molar-refractivity contribution in [3.63, 3.8) is 0 Å². The molecule has 1 aromatic carbocycles. The minimum absolute atomic E-state index is 0.227. The lowest BCUT2D eigenvalue weighted by Gasteiger charge is -2.08. The molecule has 0 unspecified atom stereocenters. The number of carbonyl (C=O) groups excluding carboxylic acids is 1. The average molecular weight is 323 g/mol. The summed E-state index contributed by atoms with van der Waals surface area (Å²) in [6, 6.07) is 11.6. The molecule has 4 nitrogen and oxygen atoms in total. The van der Waals surface area contributed by atoms with Gasteiger partial charge in [-0.25, -0.2) is 4.79 Å². The van der Waals surface area contributed by atoms with E-state index in [9.17, 15) is 4.79 Å². The lowest BCUT2D eigenvalue weighted by molar-refractivity contribution is 0.251. The maximum atomic E-state index is 11.9. The number of aromatic nitrogens is 1. The zero-order chi connectivity index (χ0) is 16.1. The van der Waals surface area contributed by atoms with E-state index in [0.29, 0.717) is 6.54 Å². The van der Waals surface area contributed by atoms with Crippen molar-refractivity contribution in [3.8, 4) is 11.1 Å². The number of anilines is 1. The van der Waals surface area contributed by atoms with Gasteiger partial charge in [-0.2, -0.15) is 11.3 Å². The van der Waals surface area contributed by atoms with Crippen LogP contribution < -0.4 is 10.6 Å². The Kier molecular flexibility index (Phi) is 4.68. The van der Waals surface area contributed by atoms with E-state index in [2.05, 4.69) is 27.1 Å². The molecule has 0 aliphatic carbocycles. The van der Waals surface area contributed by atoms with Gasteiger partial charge in [0.15, 0.2) is 0 Å². The molecule has 2 heterocycles. The topological polar surface area (TPSA) is 54.0 Å². The van der Waals surface area contributed by atoms with Crippen LogP contribution in [0.5, 0.6) is 0 Å². The van der Waals surface area contributed by atoms with Crippen molar-refractivity contribution in [2.24, 2.45) is 0 Å². The third-order valence-corrected chi connectivity index (χ3v) is 4.10. The predicted octanol–water partition coefficient (Wildman–Crippen LogP) is 4.44. The molecule has 116 valence electrons. The first kappa shape index (κ1) is 15.2. The van der Waals surface area contributed by atoms with E-state index in [1.54, 1.807) is 17.5 Å². The van der Waals surface area contributed by atoms with E-state index >= 15 is 0 Å². The Morgan fingerprint density at radius 3 is 2.70 bits per heavy atom. The Bertz CT molecular complexity index is 782. The van der Waals surface area contributed by atoms with Crippen molar-refractivity contribution < 1.29 is 4.79 Å². The summed E-state index contributed by atoms with van der Waals surface area (Å²) >= 11 is 1.65. The molecule has 2 aromatic heterocycles. The minimum Gasteiger partial charge on any atom is -0.334 e. The minimum atomic E-state index is -0.227. The van der Waals surface area contributed by atoms with Crippen LogP contribution in [0.25, 0.3) is 11.1 Å². The molecule has 0 saturated heterocycles. The van der Waals surface area contributed by atoms with Gasteiger partial charge >= 0.3 is 6.03 Å². The number of rotatable bonds is 4. The Morgan fingerprint density at radius 2 is 1.96 bits per heavy atom. The van der Waals surface area contributed by atoms with E-state index < -0.39 is 0 Å². The fourth-order valence-electron chi connectivity index (χ4n) is 2.17. The van der Waals surface area contributed by atoms with E-state index in [-0.39, 0.29) is 6.03 Å². The summed E-state index contributed by atoms with van der Waals surface area (Å²) in [5.74, 6) is 0. The second-order valence-corrected chi connectivity index (χ2v) is 6.05. The van der Waals surface area contributed by atoms with Gasteiger partial charge in [0.05, 0.1) is 0 Å². The number of thiophene rings is 1. The summed E-state index contributed by atoms with van der Waals surface area (Å²) in [5, 5.41) is 9.78. The summed E-state index contributed by atoms with van der Waals surface area (Å²) < 4.78 is 0. The first-order valence-electron chi connectivity index (χ1n) is 7.29. The Balaban J connectivity index is 1.58. The van der Waals surface area contributed by atoms with Gasteiger partial charge in [0.1, 0.15) is 0 Å². The smallest absolute Gasteiger partial charge is 0.319 e. The van der Waals surface area contributed by atoms with Crippen LogP contribution >= 0.6 is 11.3 Å². The number of nitrogens with zero attached hydrogens (tertiary/aromatic N) is 1. The second-order valence-electron chi connectivity index (χ2n) is 5.27. The second kappa shape index (κ2) is 7.07. The molecule has 2 N–H and O–H groups in total. The van der Waals surface area contributed by atoms with Crippen molar-refractivity contribution in [1.82, 2.24) is 10.3 Å². The van der Waals surface area contributed by atoms with Crippen molar-refractivity contribution in [1.29, 1.82) is 0 Å². The molecular formula is C18H17N3OS. The molecular weight excluding hydrogens is 306 g/mol. The quantitative estimate of drug-likeness (QED) is 0.746. The van der Waals surface area contributed by atoms with Crippen LogP contribution in [0.1, 0.15) is 11.1 Å². The van der Waals surface area contributed by atoms with Gasteiger partial charge in [-0.05, 0) is 53.1 Å². The van der Waals surface area contributed by atoms with E-state index in [1.165, 1.54) is 0 Å². The Hall–Kier alpha value is -2.66. The van der Waals surface area contributed by atoms with Crippen molar-refractivity contribution in [2.45, 2.75) is 13.5 Å². The van der Waals surface area contributed by atoms with Crippen LogP contribution in [0.2, 0.25) is 0 Å². The highest BCUT2D eigenvalue weighted by Gasteiger charge is 2.04. The van der Waals surface area contributed by atoms with Crippen LogP contribution in [0, 0.1) is 6.92 Å². The summed E-state index contributed by atoms with van der Waals surface area (Å²) in [4.78, 5) is 16.2. The molecule has 0 atom stereocenters. The summed E-state index contributed by atoms with van der Waals surface area (Å²) in [6.07, 6.45) is 3.60. The standard InChI is InChI=1S/C18H17N3OS/c1-13-2-4-17(5-3-13)21-18(22)20-10-14-8-16(11-19-9-14)15-6-7-23-12-15/h2-9,11-12H,10H2,1H3,(H2,20,21,22). The van der Waals surface area contributed by atoms with Crippen molar-refractivity contribution in [3.05, 3.63) is 70.7 Å². The lowest BCUT2D eigenvalue weighted by Crippen LogP contribution is -2.28. The summed E-state index contributed by atoms with van der Waals surface area (Å²) in [6.45, 7) is 2.44. The molecule has 0 aliphatic rings. The molecule has 0 radical (unpaired) electrons. The molecule has 0 fully saturated rings. The van der Waals surface area contributed by atoms with Gasteiger partial charge in [-0.1, -0.05) is 17.7 Å². The molecule has 0 spiro atoms.